The van der Waals surface area contributed by atoms with Crippen LogP contribution in [0.3, 0.4) is 0 Å². The molecular weight excluding hydrogens is 344 g/mol. The van der Waals surface area contributed by atoms with Gasteiger partial charge >= 0.3 is 11.9 Å². The second-order valence-electron chi connectivity index (χ2n) is 4.93. The van der Waals surface area contributed by atoms with Gasteiger partial charge in [-0.25, -0.2) is 4.79 Å². The van der Waals surface area contributed by atoms with Crippen molar-refractivity contribution < 1.29 is 29.0 Å². The maximum absolute atomic E-state index is 12.2. The van der Waals surface area contributed by atoms with E-state index in [-0.39, 0.29) is 24.0 Å². The van der Waals surface area contributed by atoms with Gasteiger partial charge in [-0.05, 0) is 6.26 Å². The second kappa shape index (κ2) is 7.26. The van der Waals surface area contributed by atoms with E-state index in [1.165, 1.54) is 30.4 Å². The van der Waals surface area contributed by atoms with Crippen molar-refractivity contribution in [2.45, 2.75) is 18.3 Å². The smallest absolute Gasteiger partial charge is 0.352 e. The lowest BCUT2D eigenvalue weighted by Crippen LogP contribution is -2.70. The number of carbonyl (C=O) groups is 4. The standard InChI is InChI=1S/C13H16N2O6S2/c1-6(16)21-3-7-4-23-12-9(14-8(17)5-22-2)11(18)15(12)10(7)13(19)20/h9,12H,3-5H2,1-2H3,(H,14,17)(H,19,20)/t9-,12-/m1/s1. The van der Waals surface area contributed by atoms with Crippen molar-refractivity contribution >= 4 is 47.3 Å². The predicted molar refractivity (Wildman–Crippen MR) is 84.7 cm³/mol. The number of hydrogen-bond acceptors (Lipinski definition) is 7. The Morgan fingerprint density at radius 2 is 2.17 bits per heavy atom. The monoisotopic (exact) mass is 360 g/mol. The molecule has 0 aliphatic carbocycles. The molecule has 8 nitrogen and oxygen atoms in total. The van der Waals surface area contributed by atoms with E-state index in [0.717, 1.165) is 4.90 Å². The normalized spacial score (nSPS) is 23.0. The number of aliphatic carboxylic acids is 1. The van der Waals surface area contributed by atoms with E-state index in [2.05, 4.69) is 5.32 Å². The minimum Gasteiger partial charge on any atom is -0.477 e. The molecule has 2 aliphatic rings. The van der Waals surface area contributed by atoms with Gasteiger partial charge in [0, 0.05) is 18.2 Å². The number of fused-ring (bicyclic) bond motifs is 1. The van der Waals surface area contributed by atoms with Crippen LogP contribution >= 0.6 is 23.5 Å². The van der Waals surface area contributed by atoms with Gasteiger partial charge in [-0.15, -0.1) is 11.8 Å². The lowest BCUT2D eigenvalue weighted by Gasteiger charge is -2.49. The highest BCUT2D eigenvalue weighted by Crippen LogP contribution is 2.40. The molecule has 2 atom stereocenters. The summed E-state index contributed by atoms with van der Waals surface area (Å²) in [7, 11) is 0. The summed E-state index contributed by atoms with van der Waals surface area (Å²) >= 11 is 2.67. The fourth-order valence-electron chi connectivity index (χ4n) is 2.33. The summed E-state index contributed by atoms with van der Waals surface area (Å²) in [6, 6.07) is -0.718. The Hall–Kier alpha value is -1.68. The zero-order chi connectivity index (χ0) is 17.1. The third-order valence-corrected chi connectivity index (χ3v) is 5.18. The van der Waals surface area contributed by atoms with Gasteiger partial charge in [-0.3, -0.25) is 19.3 Å². The van der Waals surface area contributed by atoms with Crippen molar-refractivity contribution in [2.75, 3.05) is 24.4 Å². The van der Waals surface area contributed by atoms with Crippen LogP contribution in [-0.2, 0) is 23.9 Å². The largest absolute Gasteiger partial charge is 0.477 e. The van der Waals surface area contributed by atoms with Crippen LogP contribution in [0.1, 0.15) is 6.92 Å². The molecule has 1 saturated heterocycles. The minimum atomic E-state index is -1.25. The second-order valence-corrected chi connectivity index (χ2v) is 6.90. The molecule has 2 N–H and O–H groups in total. The fourth-order valence-corrected chi connectivity index (χ4v) is 4.00. The van der Waals surface area contributed by atoms with E-state index in [4.69, 9.17) is 4.74 Å². The lowest BCUT2D eigenvalue weighted by molar-refractivity contribution is -0.150. The number of rotatable bonds is 6. The summed E-state index contributed by atoms with van der Waals surface area (Å²) in [6.45, 7) is 1.07. The number of thioether (sulfide) groups is 2. The van der Waals surface area contributed by atoms with E-state index in [0.29, 0.717) is 11.3 Å². The van der Waals surface area contributed by atoms with Crippen LogP contribution in [0, 0.1) is 0 Å². The molecule has 126 valence electrons. The van der Waals surface area contributed by atoms with Crippen molar-refractivity contribution in [1.82, 2.24) is 10.2 Å². The Morgan fingerprint density at radius 3 is 2.74 bits per heavy atom. The summed E-state index contributed by atoms with van der Waals surface area (Å²) < 4.78 is 4.84. The summed E-state index contributed by atoms with van der Waals surface area (Å²) in [5.41, 5.74) is 0.214. The van der Waals surface area contributed by atoms with E-state index in [9.17, 15) is 24.3 Å². The third-order valence-electron chi connectivity index (χ3n) is 3.29. The van der Waals surface area contributed by atoms with Crippen molar-refractivity contribution in [1.29, 1.82) is 0 Å². The van der Waals surface area contributed by atoms with Crippen LogP contribution in [0.5, 0.6) is 0 Å². The molecular formula is C13H16N2O6S2. The Morgan fingerprint density at radius 1 is 1.48 bits per heavy atom. The molecule has 10 heteroatoms. The van der Waals surface area contributed by atoms with Crippen LogP contribution in [0.2, 0.25) is 0 Å². The van der Waals surface area contributed by atoms with Gasteiger partial charge in [0.2, 0.25) is 5.91 Å². The first-order valence-electron chi connectivity index (χ1n) is 6.68. The quantitative estimate of drug-likeness (QED) is 0.488. The summed E-state index contributed by atoms with van der Waals surface area (Å²) in [4.78, 5) is 47.4. The highest BCUT2D eigenvalue weighted by molar-refractivity contribution is 8.00. The zero-order valence-corrected chi connectivity index (χ0v) is 14.2. The van der Waals surface area contributed by atoms with Crippen molar-refractivity contribution in [3.63, 3.8) is 0 Å². The third kappa shape index (κ3) is 3.63. The van der Waals surface area contributed by atoms with Gasteiger partial charge in [0.15, 0.2) is 0 Å². The van der Waals surface area contributed by atoms with E-state index in [1.54, 1.807) is 6.26 Å². The molecule has 0 aromatic rings. The first-order valence-corrected chi connectivity index (χ1v) is 9.12. The van der Waals surface area contributed by atoms with Crippen molar-refractivity contribution in [2.24, 2.45) is 0 Å². The predicted octanol–water partition coefficient (Wildman–Crippen LogP) is -0.349. The number of hydrogen-bond donors (Lipinski definition) is 2. The SMILES string of the molecule is CSCC(=O)N[C@@H]1C(=O)N2C(C(=O)O)=C(COC(C)=O)CS[C@H]12. The first-order chi connectivity index (χ1) is 10.9. The van der Waals surface area contributed by atoms with Gasteiger partial charge in [0.1, 0.15) is 23.7 Å². The maximum Gasteiger partial charge on any atom is 0.352 e. The molecule has 2 amide bonds. The van der Waals surface area contributed by atoms with Gasteiger partial charge in [-0.1, -0.05) is 0 Å². The van der Waals surface area contributed by atoms with Gasteiger partial charge in [-0.2, -0.15) is 11.8 Å². The van der Waals surface area contributed by atoms with Crippen molar-refractivity contribution in [3.05, 3.63) is 11.3 Å². The number of nitrogens with zero attached hydrogens (tertiary/aromatic N) is 1. The minimum absolute atomic E-state index is 0.157. The number of nitrogens with one attached hydrogen (secondary N) is 1. The molecule has 0 aromatic carbocycles. The molecule has 2 heterocycles. The van der Waals surface area contributed by atoms with Crippen LogP contribution in [0.25, 0.3) is 0 Å². The topological polar surface area (TPSA) is 113 Å². The Kier molecular flexibility index (Phi) is 5.58. The number of carboxylic acid groups (broad SMARTS) is 1. The molecule has 0 bridgehead atoms. The molecule has 23 heavy (non-hydrogen) atoms. The number of carboxylic acids is 1. The maximum atomic E-state index is 12.2. The van der Waals surface area contributed by atoms with Crippen LogP contribution in [0.4, 0.5) is 0 Å². The molecule has 2 aliphatic heterocycles. The Bertz CT molecular complexity index is 591. The molecule has 0 radical (unpaired) electrons. The Balaban J connectivity index is 2.14. The zero-order valence-electron chi connectivity index (χ0n) is 12.5. The van der Waals surface area contributed by atoms with Crippen molar-refractivity contribution in [3.8, 4) is 0 Å². The van der Waals surface area contributed by atoms with E-state index < -0.39 is 29.3 Å². The lowest BCUT2D eigenvalue weighted by atomic mass is 10.0. The van der Waals surface area contributed by atoms with Crippen LogP contribution in [-0.4, -0.2) is 69.5 Å². The molecule has 0 spiro atoms. The molecule has 0 aromatic heterocycles. The first kappa shape index (κ1) is 17.7. The molecule has 1 fully saturated rings. The fraction of sp³-hybridized carbons (Fsp3) is 0.538. The average molecular weight is 360 g/mol. The number of carbonyl (C=O) groups excluding carboxylic acids is 3. The Labute approximate surface area is 141 Å². The molecule has 0 saturated carbocycles. The number of ether oxygens (including phenoxy) is 1. The number of β-lactam (4-membered cyclic amide) rings is 1. The highest BCUT2D eigenvalue weighted by atomic mass is 32.2. The molecule has 0 unspecified atom stereocenters. The number of amides is 2. The summed E-state index contributed by atoms with van der Waals surface area (Å²) in [5.74, 6) is -1.94. The highest BCUT2D eigenvalue weighted by Gasteiger charge is 2.54. The number of esters is 1. The van der Waals surface area contributed by atoms with E-state index in [1.807, 2.05) is 0 Å². The molecule has 2 rings (SSSR count). The summed E-state index contributed by atoms with van der Waals surface area (Å²) in [6.07, 6.45) is 1.77. The van der Waals surface area contributed by atoms with Gasteiger partial charge in [0.05, 0.1) is 5.75 Å². The average Bonchev–Trinajstić information content (AvgIpc) is 2.49. The summed E-state index contributed by atoms with van der Waals surface area (Å²) in [5, 5.41) is 11.5. The van der Waals surface area contributed by atoms with Crippen LogP contribution in [0.15, 0.2) is 11.3 Å². The van der Waals surface area contributed by atoms with Gasteiger partial charge in [0.25, 0.3) is 5.91 Å². The van der Waals surface area contributed by atoms with E-state index >= 15 is 0 Å². The van der Waals surface area contributed by atoms with Crippen LogP contribution < -0.4 is 5.32 Å². The van der Waals surface area contributed by atoms with Gasteiger partial charge < -0.3 is 15.2 Å².